The summed E-state index contributed by atoms with van der Waals surface area (Å²) >= 11 is 0. The van der Waals surface area contributed by atoms with E-state index in [2.05, 4.69) is 15.2 Å². The molecule has 2 heterocycles. The molecular formula is C17H19N3O2. The van der Waals surface area contributed by atoms with Crippen LogP contribution in [-0.2, 0) is 4.74 Å². The highest BCUT2D eigenvalue weighted by atomic mass is 16.5. The van der Waals surface area contributed by atoms with Gasteiger partial charge in [-0.2, -0.15) is 0 Å². The van der Waals surface area contributed by atoms with E-state index < -0.39 is 0 Å². The highest BCUT2D eigenvalue weighted by Crippen LogP contribution is 2.19. The zero-order chi connectivity index (χ0) is 15.4. The number of nitrogens with zero attached hydrogens (tertiary/aromatic N) is 2. The maximum Gasteiger partial charge on any atom is 0.257 e. The van der Waals surface area contributed by atoms with Crippen molar-refractivity contribution < 1.29 is 9.53 Å². The predicted octanol–water partition coefficient (Wildman–Crippen LogP) is 2.48. The van der Waals surface area contributed by atoms with Gasteiger partial charge in [0.2, 0.25) is 0 Å². The molecule has 5 heteroatoms. The summed E-state index contributed by atoms with van der Waals surface area (Å²) in [6.45, 7) is 5.23. The van der Waals surface area contributed by atoms with Crippen molar-refractivity contribution >= 4 is 17.3 Å². The number of hydrogen-bond acceptors (Lipinski definition) is 4. The third-order valence-electron chi connectivity index (χ3n) is 3.67. The highest BCUT2D eigenvalue weighted by molar-refractivity contribution is 6.04. The lowest BCUT2D eigenvalue weighted by molar-refractivity contribution is 0.102. The summed E-state index contributed by atoms with van der Waals surface area (Å²) < 4.78 is 5.35. The number of carbonyl (C=O) groups is 1. The molecule has 2 aromatic rings. The molecule has 1 aromatic heterocycles. The van der Waals surface area contributed by atoms with Crippen LogP contribution < -0.4 is 10.2 Å². The molecule has 0 spiro atoms. The van der Waals surface area contributed by atoms with Gasteiger partial charge in [-0.25, -0.2) is 0 Å². The third-order valence-corrected chi connectivity index (χ3v) is 3.67. The number of nitrogens with one attached hydrogen (secondary N) is 1. The van der Waals surface area contributed by atoms with E-state index in [-0.39, 0.29) is 5.91 Å². The van der Waals surface area contributed by atoms with Crippen LogP contribution in [0.15, 0.2) is 42.6 Å². The first-order valence-corrected chi connectivity index (χ1v) is 7.39. The molecular weight excluding hydrogens is 278 g/mol. The van der Waals surface area contributed by atoms with E-state index in [0.29, 0.717) is 5.56 Å². The maximum atomic E-state index is 12.1. The van der Waals surface area contributed by atoms with E-state index in [1.165, 1.54) is 0 Å². The molecule has 0 saturated carbocycles. The van der Waals surface area contributed by atoms with Gasteiger partial charge in [0.15, 0.2) is 0 Å². The Bertz CT molecular complexity index is 632. The predicted molar refractivity (Wildman–Crippen MR) is 86.4 cm³/mol. The van der Waals surface area contributed by atoms with Crippen LogP contribution in [0.5, 0.6) is 0 Å². The number of aromatic nitrogens is 1. The van der Waals surface area contributed by atoms with Crippen molar-refractivity contribution in [3.8, 4) is 0 Å². The second-order valence-electron chi connectivity index (χ2n) is 5.29. The van der Waals surface area contributed by atoms with E-state index in [9.17, 15) is 4.79 Å². The molecule has 1 aromatic carbocycles. The number of carbonyl (C=O) groups excluding carboxylic acids is 1. The number of pyridine rings is 1. The fourth-order valence-corrected chi connectivity index (χ4v) is 2.38. The van der Waals surface area contributed by atoms with Gasteiger partial charge in [0, 0.05) is 36.4 Å². The van der Waals surface area contributed by atoms with Crippen molar-refractivity contribution in [2.45, 2.75) is 6.92 Å². The number of hydrogen-bond donors (Lipinski definition) is 1. The average Bonchev–Trinajstić information content (AvgIpc) is 2.57. The second-order valence-corrected chi connectivity index (χ2v) is 5.29. The van der Waals surface area contributed by atoms with Gasteiger partial charge in [0.1, 0.15) is 0 Å². The van der Waals surface area contributed by atoms with Crippen LogP contribution in [0, 0.1) is 6.92 Å². The summed E-state index contributed by atoms with van der Waals surface area (Å²) in [6, 6.07) is 11.5. The molecule has 22 heavy (non-hydrogen) atoms. The van der Waals surface area contributed by atoms with Crippen molar-refractivity contribution in [2.24, 2.45) is 0 Å². The van der Waals surface area contributed by atoms with E-state index >= 15 is 0 Å². The first kappa shape index (κ1) is 14.5. The first-order valence-electron chi connectivity index (χ1n) is 7.39. The van der Waals surface area contributed by atoms with Crippen LogP contribution in [0.25, 0.3) is 0 Å². The molecule has 0 radical (unpaired) electrons. The van der Waals surface area contributed by atoms with Crippen LogP contribution in [0.2, 0.25) is 0 Å². The Morgan fingerprint density at radius 3 is 2.50 bits per heavy atom. The lowest BCUT2D eigenvalue weighted by atomic mass is 10.2. The van der Waals surface area contributed by atoms with Crippen molar-refractivity contribution in [1.82, 2.24) is 4.98 Å². The topological polar surface area (TPSA) is 54.5 Å². The second kappa shape index (κ2) is 6.58. The summed E-state index contributed by atoms with van der Waals surface area (Å²) in [5.74, 6) is -0.147. The largest absolute Gasteiger partial charge is 0.378 e. The summed E-state index contributed by atoms with van der Waals surface area (Å²) in [7, 11) is 0. The summed E-state index contributed by atoms with van der Waals surface area (Å²) in [5.41, 5.74) is 3.38. The molecule has 0 atom stereocenters. The molecule has 0 unspecified atom stereocenters. The molecule has 5 nitrogen and oxygen atoms in total. The molecule has 1 aliphatic rings. The quantitative estimate of drug-likeness (QED) is 0.945. The number of aryl methyl sites for hydroxylation is 1. The highest BCUT2D eigenvalue weighted by Gasteiger charge is 2.11. The van der Waals surface area contributed by atoms with Gasteiger partial charge in [0.05, 0.1) is 18.8 Å². The zero-order valence-electron chi connectivity index (χ0n) is 12.6. The van der Waals surface area contributed by atoms with E-state index in [4.69, 9.17) is 4.74 Å². The van der Waals surface area contributed by atoms with Gasteiger partial charge >= 0.3 is 0 Å². The van der Waals surface area contributed by atoms with Gasteiger partial charge < -0.3 is 15.0 Å². The molecule has 1 amide bonds. The Morgan fingerprint density at radius 2 is 1.86 bits per heavy atom. The van der Waals surface area contributed by atoms with E-state index in [1.807, 2.05) is 37.3 Å². The van der Waals surface area contributed by atoms with Crippen molar-refractivity contribution in [1.29, 1.82) is 0 Å². The van der Waals surface area contributed by atoms with Gasteiger partial charge in [-0.3, -0.25) is 9.78 Å². The van der Waals surface area contributed by atoms with Crippen LogP contribution in [0.1, 0.15) is 16.1 Å². The van der Waals surface area contributed by atoms with Gasteiger partial charge in [-0.1, -0.05) is 0 Å². The fraction of sp³-hybridized carbons (Fsp3) is 0.294. The number of rotatable bonds is 3. The molecule has 1 N–H and O–H groups in total. The maximum absolute atomic E-state index is 12.1. The Morgan fingerprint density at radius 1 is 1.14 bits per heavy atom. The van der Waals surface area contributed by atoms with Crippen molar-refractivity contribution in [3.63, 3.8) is 0 Å². The fourth-order valence-electron chi connectivity index (χ4n) is 2.38. The Hall–Kier alpha value is -2.40. The smallest absolute Gasteiger partial charge is 0.257 e. The molecule has 114 valence electrons. The first-order chi connectivity index (χ1) is 10.7. The summed E-state index contributed by atoms with van der Waals surface area (Å²) in [4.78, 5) is 18.5. The van der Waals surface area contributed by atoms with Crippen molar-refractivity contribution in [2.75, 3.05) is 36.5 Å². The molecule has 1 saturated heterocycles. The minimum atomic E-state index is -0.147. The number of benzene rings is 1. The van der Waals surface area contributed by atoms with E-state index in [0.717, 1.165) is 43.4 Å². The normalized spacial score (nSPS) is 14.7. The van der Waals surface area contributed by atoms with Crippen LogP contribution in [0.4, 0.5) is 11.4 Å². The Balaban J connectivity index is 1.65. The molecule has 1 aliphatic heterocycles. The Labute approximate surface area is 129 Å². The average molecular weight is 297 g/mol. The minimum absolute atomic E-state index is 0.147. The van der Waals surface area contributed by atoms with Crippen molar-refractivity contribution in [3.05, 3.63) is 53.9 Å². The van der Waals surface area contributed by atoms with Gasteiger partial charge in [-0.05, 0) is 43.3 Å². The lowest BCUT2D eigenvalue weighted by Crippen LogP contribution is -2.36. The zero-order valence-corrected chi connectivity index (χ0v) is 12.6. The SMILES string of the molecule is Cc1ccc(C(=O)Nc2ccc(N3CCOCC3)cc2)cn1. The van der Waals surface area contributed by atoms with Crippen LogP contribution in [0.3, 0.4) is 0 Å². The van der Waals surface area contributed by atoms with Crippen LogP contribution >= 0.6 is 0 Å². The number of morpholine rings is 1. The summed E-state index contributed by atoms with van der Waals surface area (Å²) in [5, 5.41) is 2.89. The molecule has 0 bridgehead atoms. The molecule has 1 fully saturated rings. The monoisotopic (exact) mass is 297 g/mol. The minimum Gasteiger partial charge on any atom is -0.378 e. The number of amides is 1. The third kappa shape index (κ3) is 3.43. The summed E-state index contributed by atoms with van der Waals surface area (Å²) in [6.07, 6.45) is 1.59. The number of anilines is 2. The Kier molecular flexibility index (Phi) is 4.34. The number of ether oxygens (including phenoxy) is 1. The van der Waals surface area contributed by atoms with Gasteiger partial charge in [0.25, 0.3) is 5.91 Å². The standard InChI is InChI=1S/C17H19N3O2/c1-13-2-3-14(12-18-13)17(21)19-15-4-6-16(7-5-15)20-8-10-22-11-9-20/h2-7,12H,8-11H2,1H3,(H,19,21). The van der Waals surface area contributed by atoms with E-state index in [1.54, 1.807) is 12.3 Å². The molecule has 0 aliphatic carbocycles. The lowest BCUT2D eigenvalue weighted by Gasteiger charge is -2.28. The van der Waals surface area contributed by atoms with Crippen LogP contribution in [-0.4, -0.2) is 37.2 Å². The van der Waals surface area contributed by atoms with Gasteiger partial charge in [-0.15, -0.1) is 0 Å². The molecule has 3 rings (SSSR count).